The number of aromatic nitrogens is 3. The molecule has 0 saturated heterocycles. The SMILES string of the molecule is Cn1cnnc1-c1cccc(NCc2cc(Br)c(Br)o2)c1. The van der Waals surface area contributed by atoms with Crippen LogP contribution in [0.2, 0.25) is 0 Å². The van der Waals surface area contributed by atoms with Crippen molar-refractivity contribution in [1.29, 1.82) is 0 Å². The first kappa shape index (κ1) is 14.3. The molecule has 5 nitrogen and oxygen atoms in total. The molecule has 7 heteroatoms. The summed E-state index contributed by atoms with van der Waals surface area (Å²) in [5, 5.41) is 11.3. The van der Waals surface area contributed by atoms with Crippen LogP contribution in [0.4, 0.5) is 5.69 Å². The number of furan rings is 1. The summed E-state index contributed by atoms with van der Waals surface area (Å²) in [4.78, 5) is 0. The fraction of sp³-hybridized carbons (Fsp3) is 0.143. The predicted molar refractivity (Wildman–Crippen MR) is 87.9 cm³/mol. The first-order chi connectivity index (χ1) is 10.1. The molecule has 0 saturated carbocycles. The molecule has 21 heavy (non-hydrogen) atoms. The van der Waals surface area contributed by atoms with Gasteiger partial charge in [-0.1, -0.05) is 12.1 Å². The Labute approximate surface area is 138 Å². The van der Waals surface area contributed by atoms with Crippen LogP contribution >= 0.6 is 31.9 Å². The van der Waals surface area contributed by atoms with Crippen LogP contribution in [0.5, 0.6) is 0 Å². The Balaban J connectivity index is 1.76. The third-order valence-electron chi connectivity index (χ3n) is 3.00. The van der Waals surface area contributed by atoms with Gasteiger partial charge in [0.2, 0.25) is 0 Å². The monoisotopic (exact) mass is 410 g/mol. The van der Waals surface area contributed by atoms with E-state index in [0.29, 0.717) is 11.2 Å². The van der Waals surface area contributed by atoms with Crippen LogP contribution < -0.4 is 5.32 Å². The lowest BCUT2D eigenvalue weighted by atomic mass is 10.2. The Hall–Kier alpha value is -1.60. The van der Waals surface area contributed by atoms with Gasteiger partial charge < -0.3 is 14.3 Å². The summed E-state index contributed by atoms with van der Waals surface area (Å²) in [7, 11) is 1.92. The molecule has 0 unspecified atom stereocenters. The van der Waals surface area contributed by atoms with Crippen LogP contribution in [0.3, 0.4) is 0 Å². The standard InChI is InChI=1S/C14H12Br2N4O/c1-20-8-18-19-14(20)9-3-2-4-10(5-9)17-7-11-6-12(15)13(16)21-11/h2-6,8,17H,7H2,1H3. The van der Waals surface area contributed by atoms with Gasteiger partial charge in [0, 0.05) is 18.3 Å². The number of nitrogens with zero attached hydrogens (tertiary/aromatic N) is 3. The zero-order valence-corrected chi connectivity index (χ0v) is 14.3. The van der Waals surface area contributed by atoms with Crippen molar-refractivity contribution in [3.8, 4) is 11.4 Å². The second-order valence-electron chi connectivity index (χ2n) is 4.53. The van der Waals surface area contributed by atoms with Gasteiger partial charge in [-0.3, -0.25) is 0 Å². The van der Waals surface area contributed by atoms with Crippen LogP contribution in [0.1, 0.15) is 5.76 Å². The zero-order chi connectivity index (χ0) is 14.8. The van der Waals surface area contributed by atoms with Gasteiger partial charge in [0.25, 0.3) is 0 Å². The highest BCUT2D eigenvalue weighted by Crippen LogP contribution is 2.27. The van der Waals surface area contributed by atoms with Crippen molar-refractivity contribution < 1.29 is 4.42 Å². The van der Waals surface area contributed by atoms with Crippen molar-refractivity contribution in [1.82, 2.24) is 14.8 Å². The Morgan fingerprint density at radius 3 is 2.81 bits per heavy atom. The average Bonchev–Trinajstić information content (AvgIpc) is 3.03. The van der Waals surface area contributed by atoms with Gasteiger partial charge >= 0.3 is 0 Å². The minimum Gasteiger partial charge on any atom is -0.451 e. The van der Waals surface area contributed by atoms with Gasteiger partial charge in [-0.25, -0.2) is 0 Å². The van der Waals surface area contributed by atoms with Crippen LogP contribution in [0.15, 0.2) is 50.2 Å². The summed E-state index contributed by atoms with van der Waals surface area (Å²) >= 11 is 6.73. The minimum absolute atomic E-state index is 0.604. The van der Waals surface area contributed by atoms with E-state index in [4.69, 9.17) is 4.42 Å². The smallest absolute Gasteiger partial charge is 0.183 e. The number of hydrogen-bond donors (Lipinski definition) is 1. The normalized spacial score (nSPS) is 10.8. The molecule has 0 atom stereocenters. The van der Waals surface area contributed by atoms with Crippen molar-refractivity contribution >= 4 is 37.5 Å². The first-order valence-electron chi connectivity index (χ1n) is 6.25. The van der Waals surface area contributed by atoms with E-state index in [-0.39, 0.29) is 0 Å². The van der Waals surface area contributed by atoms with E-state index in [1.165, 1.54) is 0 Å². The van der Waals surface area contributed by atoms with Gasteiger partial charge in [-0.15, -0.1) is 10.2 Å². The van der Waals surface area contributed by atoms with E-state index in [1.54, 1.807) is 6.33 Å². The summed E-state index contributed by atoms with van der Waals surface area (Å²) in [6.45, 7) is 0.604. The number of hydrogen-bond acceptors (Lipinski definition) is 4. The lowest BCUT2D eigenvalue weighted by molar-refractivity contribution is 0.494. The molecule has 0 fully saturated rings. The fourth-order valence-electron chi connectivity index (χ4n) is 1.98. The summed E-state index contributed by atoms with van der Waals surface area (Å²) in [6, 6.07) is 9.98. The number of halogens is 2. The third-order valence-corrected chi connectivity index (χ3v) is 4.71. The molecule has 1 aromatic carbocycles. The second-order valence-corrected chi connectivity index (χ2v) is 6.11. The van der Waals surface area contributed by atoms with E-state index in [9.17, 15) is 0 Å². The Kier molecular flexibility index (Phi) is 4.12. The highest BCUT2D eigenvalue weighted by molar-refractivity contribution is 9.13. The molecule has 0 bridgehead atoms. The van der Waals surface area contributed by atoms with Crippen LogP contribution in [0, 0.1) is 0 Å². The Morgan fingerprint density at radius 2 is 2.14 bits per heavy atom. The lowest BCUT2D eigenvalue weighted by Crippen LogP contribution is -1.99. The molecular weight excluding hydrogens is 400 g/mol. The molecule has 1 N–H and O–H groups in total. The van der Waals surface area contributed by atoms with Crippen LogP contribution in [-0.4, -0.2) is 14.8 Å². The third kappa shape index (κ3) is 3.19. The molecule has 3 rings (SSSR count). The summed E-state index contributed by atoms with van der Waals surface area (Å²) < 4.78 is 9.04. The molecule has 0 spiro atoms. The number of nitrogens with one attached hydrogen (secondary N) is 1. The summed E-state index contributed by atoms with van der Waals surface area (Å²) in [5.41, 5.74) is 2.01. The molecular formula is C14H12Br2N4O. The maximum absolute atomic E-state index is 5.54. The van der Waals surface area contributed by atoms with Crippen molar-refractivity contribution in [2.24, 2.45) is 7.05 Å². The largest absolute Gasteiger partial charge is 0.451 e. The highest BCUT2D eigenvalue weighted by Gasteiger charge is 2.07. The van der Waals surface area contributed by atoms with Gasteiger partial charge in [0.15, 0.2) is 10.5 Å². The van der Waals surface area contributed by atoms with Gasteiger partial charge in [0.05, 0.1) is 11.0 Å². The van der Waals surface area contributed by atoms with E-state index >= 15 is 0 Å². The van der Waals surface area contributed by atoms with Crippen LogP contribution in [-0.2, 0) is 13.6 Å². The van der Waals surface area contributed by atoms with Gasteiger partial charge in [-0.05, 0) is 50.1 Å². The average molecular weight is 412 g/mol. The maximum Gasteiger partial charge on any atom is 0.183 e. The highest BCUT2D eigenvalue weighted by atomic mass is 79.9. The van der Waals surface area contributed by atoms with E-state index in [1.807, 2.05) is 41.9 Å². The summed E-state index contributed by atoms with van der Waals surface area (Å²) in [5.74, 6) is 1.68. The summed E-state index contributed by atoms with van der Waals surface area (Å²) in [6.07, 6.45) is 1.69. The Bertz CT molecular complexity index is 746. The lowest BCUT2D eigenvalue weighted by Gasteiger charge is -2.06. The van der Waals surface area contributed by atoms with Crippen molar-refractivity contribution in [3.63, 3.8) is 0 Å². The zero-order valence-electron chi connectivity index (χ0n) is 11.2. The first-order valence-corrected chi connectivity index (χ1v) is 7.84. The molecule has 2 heterocycles. The molecule has 0 aliphatic heterocycles. The molecule has 0 aliphatic carbocycles. The fourth-order valence-corrected chi connectivity index (χ4v) is 2.64. The minimum atomic E-state index is 0.604. The van der Waals surface area contributed by atoms with Crippen LogP contribution in [0.25, 0.3) is 11.4 Å². The van der Waals surface area contributed by atoms with Crippen molar-refractivity contribution in [2.75, 3.05) is 5.32 Å². The second kappa shape index (κ2) is 6.03. The van der Waals surface area contributed by atoms with E-state index in [0.717, 1.165) is 27.3 Å². The number of anilines is 1. The number of rotatable bonds is 4. The van der Waals surface area contributed by atoms with E-state index < -0.39 is 0 Å². The molecule has 108 valence electrons. The van der Waals surface area contributed by atoms with Crippen molar-refractivity contribution in [2.45, 2.75) is 6.54 Å². The molecule has 3 aromatic rings. The number of aryl methyl sites for hydroxylation is 1. The predicted octanol–water partition coefficient (Wildman–Crippen LogP) is 4.21. The molecule has 2 aromatic heterocycles. The van der Waals surface area contributed by atoms with Gasteiger partial charge in [0.1, 0.15) is 12.1 Å². The van der Waals surface area contributed by atoms with E-state index in [2.05, 4.69) is 47.4 Å². The quantitative estimate of drug-likeness (QED) is 0.698. The van der Waals surface area contributed by atoms with Crippen molar-refractivity contribution in [3.05, 3.63) is 51.6 Å². The molecule has 0 amide bonds. The molecule has 0 aliphatic rings. The molecule has 0 radical (unpaired) electrons. The number of benzene rings is 1. The van der Waals surface area contributed by atoms with Gasteiger partial charge in [-0.2, -0.15) is 0 Å². The maximum atomic E-state index is 5.54. The topological polar surface area (TPSA) is 55.9 Å². The Morgan fingerprint density at radius 1 is 1.29 bits per heavy atom.